The molecule has 0 spiro atoms. The molecule has 0 bridgehead atoms. The normalized spacial score (nSPS) is 20.9. The SMILES string of the molecule is CC(NC(=O)CC1C=CCC1)c1ccc2c(c1)OCO2. The van der Waals surface area contributed by atoms with Crippen molar-refractivity contribution in [3.8, 4) is 11.5 Å². The van der Waals surface area contributed by atoms with Gasteiger partial charge in [0.25, 0.3) is 0 Å². The van der Waals surface area contributed by atoms with Crippen LogP contribution in [0.4, 0.5) is 0 Å². The maximum atomic E-state index is 12.0. The minimum Gasteiger partial charge on any atom is -0.454 e. The van der Waals surface area contributed by atoms with Gasteiger partial charge in [-0.3, -0.25) is 4.79 Å². The highest BCUT2D eigenvalue weighted by Crippen LogP contribution is 2.34. The van der Waals surface area contributed by atoms with E-state index in [2.05, 4.69) is 17.5 Å². The molecular formula is C16H19NO3. The summed E-state index contributed by atoms with van der Waals surface area (Å²) in [5, 5.41) is 3.05. The van der Waals surface area contributed by atoms with Crippen LogP contribution in [0.25, 0.3) is 0 Å². The molecule has 4 heteroatoms. The number of carbonyl (C=O) groups excluding carboxylic acids is 1. The molecule has 1 N–H and O–H groups in total. The number of ether oxygens (including phenoxy) is 2. The molecule has 20 heavy (non-hydrogen) atoms. The van der Waals surface area contributed by atoms with E-state index in [9.17, 15) is 4.79 Å². The molecule has 1 amide bonds. The van der Waals surface area contributed by atoms with Gasteiger partial charge < -0.3 is 14.8 Å². The van der Waals surface area contributed by atoms with Crippen molar-refractivity contribution in [2.45, 2.75) is 32.2 Å². The van der Waals surface area contributed by atoms with Crippen molar-refractivity contribution in [2.24, 2.45) is 5.92 Å². The first-order valence-corrected chi connectivity index (χ1v) is 7.08. The Hall–Kier alpha value is -1.97. The van der Waals surface area contributed by atoms with Gasteiger partial charge in [-0.15, -0.1) is 0 Å². The zero-order chi connectivity index (χ0) is 13.9. The molecule has 0 aromatic heterocycles. The van der Waals surface area contributed by atoms with Crippen LogP contribution >= 0.6 is 0 Å². The molecule has 0 fully saturated rings. The molecule has 0 radical (unpaired) electrons. The number of rotatable bonds is 4. The van der Waals surface area contributed by atoms with Gasteiger partial charge in [0.2, 0.25) is 12.7 Å². The Morgan fingerprint density at radius 2 is 2.25 bits per heavy atom. The van der Waals surface area contributed by atoms with E-state index in [1.54, 1.807) is 0 Å². The number of carbonyl (C=O) groups is 1. The van der Waals surface area contributed by atoms with E-state index >= 15 is 0 Å². The number of hydrogen-bond acceptors (Lipinski definition) is 3. The fraction of sp³-hybridized carbons (Fsp3) is 0.438. The van der Waals surface area contributed by atoms with Crippen LogP contribution in [0.1, 0.15) is 37.8 Å². The lowest BCUT2D eigenvalue weighted by Crippen LogP contribution is -2.27. The summed E-state index contributed by atoms with van der Waals surface area (Å²) in [6, 6.07) is 5.76. The summed E-state index contributed by atoms with van der Waals surface area (Å²) in [4.78, 5) is 12.0. The molecule has 1 aromatic carbocycles. The van der Waals surface area contributed by atoms with Gasteiger partial charge in [0, 0.05) is 6.42 Å². The summed E-state index contributed by atoms with van der Waals surface area (Å²) in [5.41, 5.74) is 1.03. The van der Waals surface area contributed by atoms with Gasteiger partial charge in [-0.05, 0) is 43.4 Å². The summed E-state index contributed by atoms with van der Waals surface area (Å²) >= 11 is 0. The number of nitrogens with one attached hydrogen (secondary N) is 1. The Labute approximate surface area is 118 Å². The Balaban J connectivity index is 1.59. The van der Waals surface area contributed by atoms with Gasteiger partial charge in [0.05, 0.1) is 6.04 Å². The average molecular weight is 273 g/mol. The lowest BCUT2D eigenvalue weighted by molar-refractivity contribution is -0.122. The highest BCUT2D eigenvalue weighted by molar-refractivity contribution is 5.77. The number of allylic oxidation sites excluding steroid dienone is 2. The van der Waals surface area contributed by atoms with E-state index in [0.717, 1.165) is 29.9 Å². The molecule has 4 nitrogen and oxygen atoms in total. The minimum atomic E-state index is -0.0256. The molecule has 2 aliphatic rings. The third-order valence-electron chi connectivity index (χ3n) is 3.83. The Kier molecular flexibility index (Phi) is 3.63. The van der Waals surface area contributed by atoms with Crippen LogP contribution in [0.5, 0.6) is 11.5 Å². The molecule has 1 aromatic rings. The monoisotopic (exact) mass is 273 g/mol. The molecular weight excluding hydrogens is 254 g/mol. The van der Waals surface area contributed by atoms with Gasteiger partial charge in [-0.1, -0.05) is 18.2 Å². The summed E-state index contributed by atoms with van der Waals surface area (Å²) in [6.07, 6.45) is 7.05. The van der Waals surface area contributed by atoms with E-state index in [0.29, 0.717) is 12.3 Å². The van der Waals surface area contributed by atoms with Crippen molar-refractivity contribution in [1.29, 1.82) is 0 Å². The van der Waals surface area contributed by atoms with E-state index < -0.39 is 0 Å². The fourth-order valence-electron chi connectivity index (χ4n) is 2.67. The minimum absolute atomic E-state index is 0.0256. The first kappa shape index (κ1) is 13.0. The van der Waals surface area contributed by atoms with Gasteiger partial charge in [-0.2, -0.15) is 0 Å². The molecule has 106 valence electrons. The standard InChI is InChI=1S/C16H19NO3/c1-11(17-16(18)8-12-4-2-3-5-12)13-6-7-14-15(9-13)20-10-19-14/h2,4,6-7,9,11-12H,3,5,8,10H2,1H3,(H,17,18). The van der Waals surface area contributed by atoms with Crippen LogP contribution in [0.3, 0.4) is 0 Å². The first-order chi connectivity index (χ1) is 9.72. The van der Waals surface area contributed by atoms with Crippen LogP contribution in [-0.4, -0.2) is 12.7 Å². The van der Waals surface area contributed by atoms with E-state index in [-0.39, 0.29) is 18.7 Å². The van der Waals surface area contributed by atoms with Crippen LogP contribution in [-0.2, 0) is 4.79 Å². The van der Waals surface area contributed by atoms with Gasteiger partial charge in [-0.25, -0.2) is 0 Å². The van der Waals surface area contributed by atoms with Crippen molar-refractivity contribution in [3.63, 3.8) is 0 Å². The van der Waals surface area contributed by atoms with Crippen LogP contribution in [0.2, 0.25) is 0 Å². The zero-order valence-corrected chi connectivity index (χ0v) is 11.6. The second-order valence-electron chi connectivity index (χ2n) is 5.37. The molecule has 1 heterocycles. The highest BCUT2D eigenvalue weighted by Gasteiger charge is 2.18. The number of amides is 1. The van der Waals surface area contributed by atoms with E-state index in [4.69, 9.17) is 9.47 Å². The average Bonchev–Trinajstić information content (AvgIpc) is 3.07. The third-order valence-corrected chi connectivity index (χ3v) is 3.83. The van der Waals surface area contributed by atoms with E-state index in [1.807, 2.05) is 25.1 Å². The molecule has 3 rings (SSSR count). The van der Waals surface area contributed by atoms with Crippen molar-refractivity contribution in [2.75, 3.05) is 6.79 Å². The smallest absolute Gasteiger partial charge is 0.231 e. The summed E-state index contributed by atoms with van der Waals surface area (Å²) < 4.78 is 10.6. The largest absolute Gasteiger partial charge is 0.454 e. The van der Waals surface area contributed by atoms with Crippen LogP contribution < -0.4 is 14.8 Å². The second-order valence-corrected chi connectivity index (χ2v) is 5.37. The van der Waals surface area contributed by atoms with Crippen molar-refractivity contribution >= 4 is 5.91 Å². The fourth-order valence-corrected chi connectivity index (χ4v) is 2.67. The molecule has 1 aliphatic heterocycles. The quantitative estimate of drug-likeness (QED) is 0.858. The number of benzene rings is 1. The highest BCUT2D eigenvalue weighted by atomic mass is 16.7. The van der Waals surface area contributed by atoms with Gasteiger partial charge in [0.1, 0.15) is 0 Å². The lowest BCUT2D eigenvalue weighted by atomic mass is 10.0. The van der Waals surface area contributed by atoms with Gasteiger partial charge in [0.15, 0.2) is 11.5 Å². The molecule has 2 unspecified atom stereocenters. The topological polar surface area (TPSA) is 47.6 Å². The summed E-state index contributed by atoms with van der Waals surface area (Å²) in [7, 11) is 0. The van der Waals surface area contributed by atoms with Crippen LogP contribution in [0.15, 0.2) is 30.4 Å². The third kappa shape index (κ3) is 2.79. The Morgan fingerprint density at radius 1 is 1.40 bits per heavy atom. The van der Waals surface area contributed by atoms with Crippen molar-refractivity contribution < 1.29 is 14.3 Å². The molecule has 2 atom stereocenters. The maximum absolute atomic E-state index is 12.0. The molecule has 1 aliphatic carbocycles. The number of hydrogen-bond donors (Lipinski definition) is 1. The van der Waals surface area contributed by atoms with Crippen LogP contribution in [0, 0.1) is 5.92 Å². The summed E-state index contributed by atoms with van der Waals surface area (Å²) in [6.45, 7) is 2.26. The Bertz CT molecular complexity index is 539. The first-order valence-electron chi connectivity index (χ1n) is 7.08. The van der Waals surface area contributed by atoms with E-state index in [1.165, 1.54) is 0 Å². The number of fused-ring (bicyclic) bond motifs is 1. The van der Waals surface area contributed by atoms with Gasteiger partial charge >= 0.3 is 0 Å². The molecule has 0 saturated heterocycles. The van der Waals surface area contributed by atoms with Crippen molar-refractivity contribution in [3.05, 3.63) is 35.9 Å². The predicted molar refractivity (Wildman–Crippen MR) is 75.6 cm³/mol. The van der Waals surface area contributed by atoms with Crippen molar-refractivity contribution in [1.82, 2.24) is 5.32 Å². The Morgan fingerprint density at radius 3 is 3.05 bits per heavy atom. The maximum Gasteiger partial charge on any atom is 0.231 e. The lowest BCUT2D eigenvalue weighted by Gasteiger charge is -2.16. The summed E-state index contributed by atoms with van der Waals surface area (Å²) in [5.74, 6) is 2.02. The predicted octanol–water partition coefficient (Wildman–Crippen LogP) is 2.95. The zero-order valence-electron chi connectivity index (χ0n) is 11.6. The molecule has 0 saturated carbocycles. The second kappa shape index (κ2) is 5.57.